The van der Waals surface area contributed by atoms with E-state index in [0.717, 1.165) is 16.7 Å². The number of hydrogen-bond donors (Lipinski definition) is 1. The highest BCUT2D eigenvalue weighted by atomic mass is 32.1. The van der Waals surface area contributed by atoms with Crippen molar-refractivity contribution in [2.75, 3.05) is 0 Å². The molecule has 0 fully saturated rings. The normalized spacial score (nSPS) is 10.4. The van der Waals surface area contributed by atoms with Crippen LogP contribution in [0.2, 0.25) is 0 Å². The summed E-state index contributed by atoms with van der Waals surface area (Å²) in [6.07, 6.45) is 1.42. The van der Waals surface area contributed by atoms with E-state index < -0.39 is 5.82 Å². The number of nitrogens with one attached hydrogen (secondary N) is 1. The molecule has 2 nitrogen and oxygen atoms in total. The van der Waals surface area contributed by atoms with Gasteiger partial charge in [0, 0.05) is 5.56 Å². The van der Waals surface area contributed by atoms with Crippen LogP contribution in [0.15, 0.2) is 24.5 Å². The third kappa shape index (κ3) is 2.02. The first-order valence-electron chi connectivity index (χ1n) is 4.90. The molecule has 1 aromatic heterocycles. The highest BCUT2D eigenvalue weighted by molar-refractivity contribution is 7.71. The standard InChI is InChI=1S/C12H11FN2S/c1-7-3-8(2)5-9(4-7)11-10(13)12(16)15-6-14-11/h3-6H,1-2H3,(H,14,15,16). The summed E-state index contributed by atoms with van der Waals surface area (Å²) in [5, 5.41) is 0. The van der Waals surface area contributed by atoms with Gasteiger partial charge in [-0.1, -0.05) is 29.4 Å². The summed E-state index contributed by atoms with van der Waals surface area (Å²) in [7, 11) is 0. The van der Waals surface area contributed by atoms with Gasteiger partial charge in [-0.2, -0.15) is 0 Å². The molecule has 0 atom stereocenters. The second-order valence-electron chi connectivity index (χ2n) is 3.77. The van der Waals surface area contributed by atoms with Crippen molar-refractivity contribution in [3.8, 4) is 11.3 Å². The minimum absolute atomic E-state index is 0.00657. The van der Waals surface area contributed by atoms with Crippen LogP contribution in [0.4, 0.5) is 4.39 Å². The number of aryl methyl sites for hydroxylation is 2. The lowest BCUT2D eigenvalue weighted by atomic mass is 10.0. The molecular weight excluding hydrogens is 223 g/mol. The van der Waals surface area contributed by atoms with E-state index in [-0.39, 0.29) is 4.64 Å². The van der Waals surface area contributed by atoms with Gasteiger partial charge in [0.15, 0.2) is 10.5 Å². The van der Waals surface area contributed by atoms with E-state index in [1.165, 1.54) is 6.33 Å². The summed E-state index contributed by atoms with van der Waals surface area (Å²) in [6.45, 7) is 3.95. The zero-order valence-electron chi connectivity index (χ0n) is 9.04. The Morgan fingerprint density at radius 2 is 1.81 bits per heavy atom. The monoisotopic (exact) mass is 234 g/mol. The third-order valence-electron chi connectivity index (χ3n) is 2.31. The van der Waals surface area contributed by atoms with Gasteiger partial charge in [-0.25, -0.2) is 9.37 Å². The lowest BCUT2D eigenvalue weighted by Crippen LogP contribution is -1.93. The minimum Gasteiger partial charge on any atom is -0.343 e. The summed E-state index contributed by atoms with van der Waals surface area (Å²) >= 11 is 4.80. The fraction of sp³-hybridized carbons (Fsp3) is 0.167. The van der Waals surface area contributed by atoms with E-state index in [2.05, 4.69) is 9.97 Å². The fourth-order valence-corrected chi connectivity index (χ4v) is 1.87. The average molecular weight is 234 g/mol. The van der Waals surface area contributed by atoms with Crippen LogP contribution in [0.1, 0.15) is 11.1 Å². The zero-order chi connectivity index (χ0) is 11.7. The summed E-state index contributed by atoms with van der Waals surface area (Å²) in [4.78, 5) is 6.49. The van der Waals surface area contributed by atoms with Crippen molar-refractivity contribution in [3.63, 3.8) is 0 Å². The molecule has 4 heteroatoms. The van der Waals surface area contributed by atoms with Crippen molar-refractivity contribution in [2.24, 2.45) is 0 Å². The first-order valence-corrected chi connectivity index (χ1v) is 5.30. The lowest BCUT2D eigenvalue weighted by molar-refractivity contribution is 0.613. The maximum Gasteiger partial charge on any atom is 0.183 e. The second-order valence-corrected chi connectivity index (χ2v) is 4.16. The van der Waals surface area contributed by atoms with Crippen LogP contribution in [0.25, 0.3) is 11.3 Å². The van der Waals surface area contributed by atoms with Gasteiger partial charge < -0.3 is 4.98 Å². The average Bonchev–Trinajstić information content (AvgIpc) is 2.20. The Morgan fingerprint density at radius 3 is 2.44 bits per heavy atom. The van der Waals surface area contributed by atoms with Crippen LogP contribution >= 0.6 is 12.2 Å². The van der Waals surface area contributed by atoms with Crippen molar-refractivity contribution in [1.29, 1.82) is 0 Å². The Kier molecular flexibility index (Phi) is 2.83. The number of halogens is 1. The first-order chi connectivity index (χ1) is 7.58. The van der Waals surface area contributed by atoms with Gasteiger partial charge in [-0.15, -0.1) is 0 Å². The number of rotatable bonds is 1. The van der Waals surface area contributed by atoms with Crippen molar-refractivity contribution in [2.45, 2.75) is 13.8 Å². The number of aromatic nitrogens is 2. The summed E-state index contributed by atoms with van der Waals surface area (Å²) < 4.78 is 13.7. The van der Waals surface area contributed by atoms with Gasteiger partial charge in [0.05, 0.1) is 12.0 Å². The summed E-state index contributed by atoms with van der Waals surface area (Å²) in [5.74, 6) is -0.470. The van der Waals surface area contributed by atoms with E-state index in [9.17, 15) is 4.39 Å². The molecule has 82 valence electrons. The van der Waals surface area contributed by atoms with Crippen LogP contribution in [0.3, 0.4) is 0 Å². The van der Waals surface area contributed by atoms with Gasteiger partial charge >= 0.3 is 0 Å². The molecule has 0 aliphatic carbocycles. The molecule has 2 aromatic rings. The van der Waals surface area contributed by atoms with Gasteiger partial charge in [-0.3, -0.25) is 0 Å². The smallest absolute Gasteiger partial charge is 0.183 e. The van der Waals surface area contributed by atoms with Gasteiger partial charge in [-0.05, 0) is 26.0 Å². The molecule has 0 amide bonds. The molecule has 16 heavy (non-hydrogen) atoms. The largest absolute Gasteiger partial charge is 0.343 e. The van der Waals surface area contributed by atoms with Gasteiger partial charge in [0.2, 0.25) is 0 Å². The lowest BCUT2D eigenvalue weighted by Gasteiger charge is -2.06. The molecule has 0 radical (unpaired) electrons. The molecule has 0 saturated heterocycles. The SMILES string of the molecule is Cc1cc(C)cc(-c2[nH]cnc(=S)c2F)c1. The molecular formula is C12H11FN2S. The molecule has 1 N–H and O–H groups in total. The van der Waals surface area contributed by atoms with Crippen LogP contribution in [-0.2, 0) is 0 Å². The number of nitrogens with zero attached hydrogens (tertiary/aromatic N) is 1. The maximum absolute atomic E-state index is 13.8. The van der Waals surface area contributed by atoms with Gasteiger partial charge in [0.25, 0.3) is 0 Å². The molecule has 2 rings (SSSR count). The summed E-state index contributed by atoms with van der Waals surface area (Å²) in [5.41, 5.74) is 3.37. The molecule has 0 spiro atoms. The van der Waals surface area contributed by atoms with E-state index in [4.69, 9.17) is 12.2 Å². The number of benzene rings is 1. The molecule has 0 bridgehead atoms. The van der Waals surface area contributed by atoms with Crippen LogP contribution in [0, 0.1) is 24.3 Å². The van der Waals surface area contributed by atoms with Crippen molar-refractivity contribution >= 4 is 12.2 Å². The first kappa shape index (κ1) is 11.0. The Balaban J connectivity index is 2.67. The van der Waals surface area contributed by atoms with E-state index in [1.54, 1.807) is 0 Å². The Bertz CT molecular complexity index is 570. The number of aromatic amines is 1. The van der Waals surface area contributed by atoms with Crippen molar-refractivity contribution < 1.29 is 4.39 Å². The molecule has 1 aromatic carbocycles. The summed E-state index contributed by atoms with van der Waals surface area (Å²) in [6, 6.07) is 5.87. The third-order valence-corrected chi connectivity index (χ3v) is 2.59. The Labute approximate surface area is 98.2 Å². The van der Waals surface area contributed by atoms with Crippen LogP contribution in [0.5, 0.6) is 0 Å². The predicted molar refractivity (Wildman–Crippen MR) is 64.3 cm³/mol. The van der Waals surface area contributed by atoms with Crippen LogP contribution in [-0.4, -0.2) is 9.97 Å². The number of H-pyrrole nitrogens is 1. The zero-order valence-corrected chi connectivity index (χ0v) is 9.86. The fourth-order valence-electron chi connectivity index (χ4n) is 1.71. The molecule has 1 heterocycles. The van der Waals surface area contributed by atoms with E-state index in [0.29, 0.717) is 5.69 Å². The molecule has 0 saturated carbocycles. The van der Waals surface area contributed by atoms with E-state index >= 15 is 0 Å². The molecule has 0 aliphatic rings. The maximum atomic E-state index is 13.8. The highest BCUT2D eigenvalue weighted by Crippen LogP contribution is 2.22. The molecule has 0 unspecified atom stereocenters. The van der Waals surface area contributed by atoms with Crippen LogP contribution < -0.4 is 0 Å². The van der Waals surface area contributed by atoms with E-state index in [1.807, 2.05) is 32.0 Å². The van der Waals surface area contributed by atoms with Gasteiger partial charge in [0.1, 0.15) is 0 Å². The van der Waals surface area contributed by atoms with Crippen molar-refractivity contribution in [3.05, 3.63) is 46.1 Å². The Morgan fingerprint density at radius 1 is 1.19 bits per heavy atom. The topological polar surface area (TPSA) is 28.7 Å². The quantitative estimate of drug-likeness (QED) is 0.764. The van der Waals surface area contributed by atoms with Crippen molar-refractivity contribution in [1.82, 2.24) is 9.97 Å². The minimum atomic E-state index is -0.470. The Hall–Kier alpha value is -1.55. The highest BCUT2D eigenvalue weighted by Gasteiger charge is 2.08. The second kappa shape index (κ2) is 4.14. The molecule has 0 aliphatic heterocycles. The predicted octanol–water partition coefficient (Wildman–Crippen LogP) is 3.56. The number of hydrogen-bond acceptors (Lipinski definition) is 2.